The van der Waals surface area contributed by atoms with Crippen molar-refractivity contribution in [3.05, 3.63) is 23.8 Å². The standard InChI is InChI=1S/C14H21N3O3S/c1-10-3-4-11(7-12(10)21(16,19)20)17-13(18)8-14(9-15)5-2-6-14/h3-4,7H,2,5-6,8-9,15H2,1H3,(H,17,18)(H2,16,19,20). The number of nitrogens with two attached hydrogens (primary N) is 2. The summed E-state index contributed by atoms with van der Waals surface area (Å²) in [4.78, 5) is 12.1. The van der Waals surface area contributed by atoms with Gasteiger partial charge in [-0.25, -0.2) is 13.6 Å². The summed E-state index contributed by atoms with van der Waals surface area (Å²) < 4.78 is 22.9. The summed E-state index contributed by atoms with van der Waals surface area (Å²) in [6.07, 6.45) is 3.40. The van der Waals surface area contributed by atoms with Crippen LogP contribution in [0.15, 0.2) is 23.1 Å². The fourth-order valence-electron chi connectivity index (χ4n) is 2.66. The zero-order valence-corrected chi connectivity index (χ0v) is 12.9. The Morgan fingerprint density at radius 2 is 2.05 bits per heavy atom. The van der Waals surface area contributed by atoms with Crippen LogP contribution in [0.3, 0.4) is 0 Å². The van der Waals surface area contributed by atoms with Crippen LogP contribution in [0.4, 0.5) is 5.69 Å². The number of hydrogen-bond acceptors (Lipinski definition) is 4. The Kier molecular flexibility index (Phi) is 4.36. The molecule has 116 valence electrons. The van der Waals surface area contributed by atoms with Gasteiger partial charge in [-0.15, -0.1) is 0 Å². The van der Waals surface area contributed by atoms with Gasteiger partial charge in [0.15, 0.2) is 0 Å². The van der Waals surface area contributed by atoms with Crippen LogP contribution >= 0.6 is 0 Å². The fraction of sp³-hybridized carbons (Fsp3) is 0.500. The highest BCUT2D eigenvalue weighted by molar-refractivity contribution is 7.89. The number of amides is 1. The average Bonchev–Trinajstić information content (AvgIpc) is 2.35. The second-order valence-corrected chi connectivity index (χ2v) is 7.34. The van der Waals surface area contributed by atoms with E-state index in [1.54, 1.807) is 19.1 Å². The van der Waals surface area contributed by atoms with E-state index in [2.05, 4.69) is 5.32 Å². The maximum absolute atomic E-state index is 12.1. The van der Waals surface area contributed by atoms with Crippen molar-refractivity contribution >= 4 is 21.6 Å². The van der Waals surface area contributed by atoms with E-state index in [0.29, 0.717) is 24.2 Å². The summed E-state index contributed by atoms with van der Waals surface area (Å²) in [6.45, 7) is 2.15. The molecule has 0 unspecified atom stereocenters. The monoisotopic (exact) mass is 311 g/mol. The van der Waals surface area contributed by atoms with E-state index < -0.39 is 10.0 Å². The van der Waals surface area contributed by atoms with E-state index >= 15 is 0 Å². The number of benzene rings is 1. The quantitative estimate of drug-likeness (QED) is 0.755. The SMILES string of the molecule is Cc1ccc(NC(=O)CC2(CN)CCC2)cc1S(N)(=O)=O. The van der Waals surface area contributed by atoms with E-state index in [4.69, 9.17) is 10.9 Å². The highest BCUT2D eigenvalue weighted by atomic mass is 32.2. The third-order valence-electron chi connectivity index (χ3n) is 4.16. The van der Waals surface area contributed by atoms with Crippen molar-refractivity contribution in [1.29, 1.82) is 0 Å². The zero-order valence-electron chi connectivity index (χ0n) is 12.1. The first kappa shape index (κ1) is 15.9. The Balaban J connectivity index is 2.11. The third kappa shape index (κ3) is 3.61. The van der Waals surface area contributed by atoms with Gasteiger partial charge in [0, 0.05) is 12.1 Å². The Labute approximate surface area is 124 Å². The number of rotatable bonds is 5. The third-order valence-corrected chi connectivity index (χ3v) is 5.21. The summed E-state index contributed by atoms with van der Waals surface area (Å²) in [5, 5.41) is 7.88. The molecule has 0 bridgehead atoms. The molecule has 1 aliphatic rings. The van der Waals surface area contributed by atoms with E-state index in [-0.39, 0.29) is 16.2 Å². The topological polar surface area (TPSA) is 115 Å². The number of anilines is 1. The Morgan fingerprint density at radius 3 is 2.52 bits per heavy atom. The molecule has 0 aromatic heterocycles. The lowest BCUT2D eigenvalue weighted by Crippen LogP contribution is -2.40. The van der Waals surface area contributed by atoms with E-state index in [1.165, 1.54) is 6.07 Å². The summed E-state index contributed by atoms with van der Waals surface area (Å²) >= 11 is 0. The Hall–Kier alpha value is -1.44. The number of carbonyl (C=O) groups excluding carboxylic acids is 1. The molecule has 5 N–H and O–H groups in total. The van der Waals surface area contributed by atoms with Gasteiger partial charge in [0.25, 0.3) is 0 Å². The van der Waals surface area contributed by atoms with Crippen molar-refractivity contribution in [2.24, 2.45) is 16.3 Å². The Bertz CT molecular complexity index is 646. The second-order valence-electron chi connectivity index (χ2n) is 5.81. The van der Waals surface area contributed by atoms with Crippen LogP contribution in [0.25, 0.3) is 0 Å². The maximum atomic E-state index is 12.1. The summed E-state index contributed by atoms with van der Waals surface area (Å²) in [5.41, 5.74) is 6.63. The number of sulfonamides is 1. The largest absolute Gasteiger partial charge is 0.330 e. The molecule has 1 aliphatic carbocycles. The van der Waals surface area contributed by atoms with Crippen LogP contribution in [0, 0.1) is 12.3 Å². The molecule has 1 aromatic carbocycles. The van der Waals surface area contributed by atoms with Gasteiger partial charge in [-0.1, -0.05) is 12.5 Å². The van der Waals surface area contributed by atoms with Gasteiger partial charge in [-0.2, -0.15) is 0 Å². The van der Waals surface area contributed by atoms with Crippen LogP contribution in [0.1, 0.15) is 31.2 Å². The number of aryl methyl sites for hydroxylation is 1. The average molecular weight is 311 g/mol. The van der Waals surface area contributed by atoms with Crippen molar-refractivity contribution in [3.63, 3.8) is 0 Å². The van der Waals surface area contributed by atoms with Crippen LogP contribution in [-0.4, -0.2) is 20.9 Å². The van der Waals surface area contributed by atoms with Gasteiger partial charge in [0.2, 0.25) is 15.9 Å². The first-order valence-electron chi connectivity index (χ1n) is 6.89. The lowest BCUT2D eigenvalue weighted by Gasteiger charge is -2.40. The van der Waals surface area contributed by atoms with Crippen LogP contribution in [0.2, 0.25) is 0 Å². The molecule has 6 nitrogen and oxygen atoms in total. The predicted molar refractivity (Wildman–Crippen MR) is 81.1 cm³/mol. The van der Waals surface area contributed by atoms with Gasteiger partial charge < -0.3 is 11.1 Å². The van der Waals surface area contributed by atoms with Gasteiger partial charge in [0.05, 0.1) is 4.90 Å². The van der Waals surface area contributed by atoms with E-state index in [0.717, 1.165) is 19.3 Å². The number of nitrogens with one attached hydrogen (secondary N) is 1. The molecule has 0 spiro atoms. The van der Waals surface area contributed by atoms with Crippen LogP contribution in [0.5, 0.6) is 0 Å². The van der Waals surface area contributed by atoms with Gasteiger partial charge in [-0.05, 0) is 49.4 Å². The summed E-state index contributed by atoms with van der Waals surface area (Å²) in [7, 11) is -3.80. The van der Waals surface area contributed by atoms with Crippen molar-refractivity contribution in [2.45, 2.75) is 37.5 Å². The first-order valence-corrected chi connectivity index (χ1v) is 8.44. The molecule has 0 radical (unpaired) electrons. The highest BCUT2D eigenvalue weighted by Crippen LogP contribution is 2.43. The molecular formula is C14H21N3O3S. The fourth-order valence-corrected chi connectivity index (χ4v) is 3.47. The molecule has 1 aromatic rings. The highest BCUT2D eigenvalue weighted by Gasteiger charge is 2.37. The molecule has 1 saturated carbocycles. The molecule has 1 amide bonds. The minimum atomic E-state index is -3.80. The Morgan fingerprint density at radius 1 is 1.38 bits per heavy atom. The minimum absolute atomic E-state index is 0.0254. The summed E-state index contributed by atoms with van der Waals surface area (Å²) in [5.74, 6) is -0.149. The van der Waals surface area contributed by atoms with E-state index in [9.17, 15) is 13.2 Å². The number of hydrogen-bond donors (Lipinski definition) is 3. The van der Waals surface area contributed by atoms with Gasteiger partial charge >= 0.3 is 0 Å². The molecule has 2 rings (SSSR count). The molecule has 0 atom stereocenters. The molecule has 1 fully saturated rings. The normalized spacial score (nSPS) is 17.1. The van der Waals surface area contributed by atoms with Gasteiger partial charge in [-0.3, -0.25) is 4.79 Å². The van der Waals surface area contributed by atoms with E-state index in [1.807, 2.05) is 0 Å². The van der Waals surface area contributed by atoms with Crippen molar-refractivity contribution in [1.82, 2.24) is 0 Å². The molecular weight excluding hydrogens is 290 g/mol. The first-order chi connectivity index (χ1) is 9.76. The second kappa shape index (κ2) is 5.75. The lowest BCUT2D eigenvalue weighted by atomic mass is 9.66. The number of carbonyl (C=O) groups is 1. The van der Waals surface area contributed by atoms with Crippen LogP contribution < -0.4 is 16.2 Å². The minimum Gasteiger partial charge on any atom is -0.330 e. The molecule has 0 heterocycles. The predicted octanol–water partition coefficient (Wildman–Crippen LogP) is 1.10. The van der Waals surface area contributed by atoms with Crippen molar-refractivity contribution < 1.29 is 13.2 Å². The molecule has 21 heavy (non-hydrogen) atoms. The maximum Gasteiger partial charge on any atom is 0.238 e. The summed E-state index contributed by atoms with van der Waals surface area (Å²) in [6, 6.07) is 4.67. The van der Waals surface area contributed by atoms with Crippen molar-refractivity contribution in [3.8, 4) is 0 Å². The van der Waals surface area contributed by atoms with Crippen LogP contribution in [-0.2, 0) is 14.8 Å². The lowest BCUT2D eigenvalue weighted by molar-refractivity contribution is -0.119. The number of primary sulfonamides is 1. The zero-order chi connectivity index (χ0) is 15.7. The molecule has 0 aliphatic heterocycles. The molecule has 0 saturated heterocycles. The molecule has 7 heteroatoms. The van der Waals surface area contributed by atoms with Crippen molar-refractivity contribution in [2.75, 3.05) is 11.9 Å². The van der Waals surface area contributed by atoms with Gasteiger partial charge in [0.1, 0.15) is 0 Å². The smallest absolute Gasteiger partial charge is 0.238 e.